The van der Waals surface area contributed by atoms with Crippen LogP contribution in [0.2, 0.25) is 0 Å². The van der Waals surface area contributed by atoms with E-state index in [-0.39, 0.29) is 0 Å². The molecule has 0 fully saturated rings. The largest absolute Gasteiger partial charge is 0.497 e. The smallest absolute Gasteiger partial charge is 0.128 e. The summed E-state index contributed by atoms with van der Waals surface area (Å²) in [5.74, 6) is 2.70. The van der Waals surface area contributed by atoms with Gasteiger partial charge in [0.05, 0.1) is 14.2 Å². The fourth-order valence-corrected chi connectivity index (χ4v) is 2.92. The summed E-state index contributed by atoms with van der Waals surface area (Å²) < 4.78 is 10.6. The molecule has 0 atom stereocenters. The maximum Gasteiger partial charge on any atom is 0.128 e. The Kier molecular flexibility index (Phi) is 6.20. The predicted molar refractivity (Wildman–Crippen MR) is 103 cm³/mol. The molecule has 0 aliphatic carbocycles. The molecule has 0 radical (unpaired) electrons. The Labute approximate surface area is 154 Å². The van der Waals surface area contributed by atoms with E-state index in [9.17, 15) is 0 Å². The van der Waals surface area contributed by atoms with E-state index in [4.69, 9.17) is 14.5 Å². The molecule has 4 nitrogen and oxygen atoms in total. The average Bonchev–Trinajstić information content (AvgIpc) is 2.71. The maximum atomic E-state index is 5.42. The van der Waals surface area contributed by atoms with Crippen molar-refractivity contribution in [2.24, 2.45) is 0 Å². The van der Waals surface area contributed by atoms with Crippen molar-refractivity contribution in [2.75, 3.05) is 14.2 Å². The Hall–Kier alpha value is -2.88. The van der Waals surface area contributed by atoms with Gasteiger partial charge in [0, 0.05) is 18.3 Å². The van der Waals surface area contributed by atoms with Gasteiger partial charge in [-0.1, -0.05) is 30.3 Å². The van der Waals surface area contributed by atoms with Crippen molar-refractivity contribution >= 4 is 0 Å². The third-order valence-corrected chi connectivity index (χ3v) is 4.40. The van der Waals surface area contributed by atoms with E-state index in [0.717, 1.165) is 48.7 Å². The molecule has 134 valence electrons. The number of ether oxygens (including phenoxy) is 2. The van der Waals surface area contributed by atoms with Gasteiger partial charge < -0.3 is 9.47 Å². The minimum absolute atomic E-state index is 0.828. The summed E-state index contributed by atoms with van der Waals surface area (Å²) in [6.07, 6.45) is 5.38. The lowest BCUT2D eigenvalue weighted by Crippen LogP contribution is -2.03. The van der Waals surface area contributed by atoms with E-state index >= 15 is 0 Å². The molecule has 1 heterocycles. The van der Waals surface area contributed by atoms with Crippen LogP contribution in [0.3, 0.4) is 0 Å². The zero-order valence-electron chi connectivity index (χ0n) is 15.3. The quantitative estimate of drug-likeness (QED) is 0.616. The highest BCUT2D eigenvalue weighted by Crippen LogP contribution is 2.19. The van der Waals surface area contributed by atoms with E-state index in [2.05, 4.69) is 23.2 Å². The molecule has 2 aromatic carbocycles. The molecule has 0 N–H and O–H groups in total. The zero-order chi connectivity index (χ0) is 18.2. The van der Waals surface area contributed by atoms with Crippen LogP contribution in [0.4, 0.5) is 0 Å². The van der Waals surface area contributed by atoms with E-state index in [0.29, 0.717) is 0 Å². The SMILES string of the molecule is COc1ccc(CCc2nccc(CCc3ccccc3OC)n2)cc1. The van der Waals surface area contributed by atoms with Crippen LogP contribution >= 0.6 is 0 Å². The maximum absolute atomic E-state index is 5.42. The number of hydrogen-bond acceptors (Lipinski definition) is 4. The Morgan fingerprint density at radius 1 is 0.769 bits per heavy atom. The summed E-state index contributed by atoms with van der Waals surface area (Å²) in [6.45, 7) is 0. The lowest BCUT2D eigenvalue weighted by atomic mass is 10.1. The van der Waals surface area contributed by atoms with Crippen molar-refractivity contribution in [1.29, 1.82) is 0 Å². The Morgan fingerprint density at radius 3 is 2.35 bits per heavy atom. The number of rotatable bonds is 8. The average molecular weight is 348 g/mol. The summed E-state index contributed by atoms with van der Waals surface area (Å²) in [6, 6.07) is 18.3. The fourth-order valence-electron chi connectivity index (χ4n) is 2.92. The summed E-state index contributed by atoms with van der Waals surface area (Å²) >= 11 is 0. The first kappa shape index (κ1) is 17.9. The molecule has 0 bridgehead atoms. The second kappa shape index (κ2) is 8.99. The Morgan fingerprint density at radius 2 is 1.58 bits per heavy atom. The van der Waals surface area contributed by atoms with Crippen molar-refractivity contribution in [3.05, 3.63) is 83.4 Å². The minimum Gasteiger partial charge on any atom is -0.497 e. The molecule has 0 saturated heterocycles. The summed E-state index contributed by atoms with van der Waals surface area (Å²) in [7, 11) is 3.39. The van der Waals surface area contributed by atoms with E-state index in [1.165, 1.54) is 11.1 Å². The number of nitrogens with zero attached hydrogens (tertiary/aromatic N) is 2. The Balaban J connectivity index is 1.59. The van der Waals surface area contributed by atoms with Crippen LogP contribution in [-0.2, 0) is 25.7 Å². The van der Waals surface area contributed by atoms with Crippen LogP contribution in [0.5, 0.6) is 11.5 Å². The summed E-state index contributed by atoms with van der Waals surface area (Å²) in [5.41, 5.74) is 3.53. The summed E-state index contributed by atoms with van der Waals surface area (Å²) in [5, 5.41) is 0. The van der Waals surface area contributed by atoms with Gasteiger partial charge in [-0.2, -0.15) is 0 Å². The van der Waals surface area contributed by atoms with Crippen molar-refractivity contribution in [3.8, 4) is 11.5 Å². The van der Waals surface area contributed by atoms with E-state index in [1.54, 1.807) is 14.2 Å². The molecule has 3 rings (SSSR count). The topological polar surface area (TPSA) is 44.2 Å². The zero-order valence-corrected chi connectivity index (χ0v) is 15.3. The minimum atomic E-state index is 0.828. The third kappa shape index (κ3) is 4.82. The van der Waals surface area contributed by atoms with Gasteiger partial charge >= 0.3 is 0 Å². The van der Waals surface area contributed by atoms with Crippen molar-refractivity contribution in [2.45, 2.75) is 25.7 Å². The van der Waals surface area contributed by atoms with Gasteiger partial charge in [0.1, 0.15) is 17.3 Å². The molecule has 0 saturated carbocycles. The van der Waals surface area contributed by atoms with Crippen LogP contribution in [0, 0.1) is 0 Å². The van der Waals surface area contributed by atoms with Gasteiger partial charge in [0.15, 0.2) is 0 Å². The van der Waals surface area contributed by atoms with E-state index < -0.39 is 0 Å². The monoisotopic (exact) mass is 348 g/mol. The molecule has 0 aliphatic rings. The highest BCUT2D eigenvalue weighted by atomic mass is 16.5. The van der Waals surface area contributed by atoms with Gasteiger partial charge in [-0.3, -0.25) is 0 Å². The van der Waals surface area contributed by atoms with Crippen molar-refractivity contribution in [3.63, 3.8) is 0 Å². The second-order valence-corrected chi connectivity index (χ2v) is 6.12. The van der Waals surface area contributed by atoms with Crippen LogP contribution in [0.25, 0.3) is 0 Å². The molecule has 0 unspecified atom stereocenters. The highest BCUT2D eigenvalue weighted by molar-refractivity contribution is 5.33. The number of benzene rings is 2. The fraction of sp³-hybridized carbons (Fsp3) is 0.273. The molecule has 4 heteroatoms. The lowest BCUT2D eigenvalue weighted by molar-refractivity contribution is 0.409. The molecule has 0 spiro atoms. The first-order valence-corrected chi connectivity index (χ1v) is 8.84. The first-order valence-electron chi connectivity index (χ1n) is 8.84. The molecule has 1 aromatic heterocycles. The predicted octanol–water partition coefficient (Wildman–Crippen LogP) is 4.06. The van der Waals surface area contributed by atoms with Gasteiger partial charge in [-0.15, -0.1) is 0 Å². The van der Waals surface area contributed by atoms with Crippen LogP contribution in [-0.4, -0.2) is 24.2 Å². The van der Waals surface area contributed by atoms with Crippen LogP contribution in [0.15, 0.2) is 60.8 Å². The highest BCUT2D eigenvalue weighted by Gasteiger charge is 2.05. The molecular weight excluding hydrogens is 324 g/mol. The van der Waals surface area contributed by atoms with Gasteiger partial charge in [0.2, 0.25) is 0 Å². The number of aromatic nitrogens is 2. The van der Waals surface area contributed by atoms with Gasteiger partial charge in [0.25, 0.3) is 0 Å². The Bertz CT molecular complexity index is 832. The second-order valence-electron chi connectivity index (χ2n) is 6.12. The number of methoxy groups -OCH3 is 2. The number of para-hydroxylation sites is 1. The number of aryl methyl sites for hydroxylation is 4. The molecule has 0 amide bonds. The summed E-state index contributed by atoms with van der Waals surface area (Å²) in [4.78, 5) is 9.13. The van der Waals surface area contributed by atoms with Gasteiger partial charge in [-0.05, 0) is 54.7 Å². The van der Waals surface area contributed by atoms with Crippen LogP contribution in [0.1, 0.15) is 22.6 Å². The van der Waals surface area contributed by atoms with Crippen LogP contribution < -0.4 is 9.47 Å². The van der Waals surface area contributed by atoms with Crippen molar-refractivity contribution in [1.82, 2.24) is 9.97 Å². The first-order chi connectivity index (χ1) is 12.8. The molecule has 0 aliphatic heterocycles. The lowest BCUT2D eigenvalue weighted by Gasteiger charge is -2.08. The van der Waals surface area contributed by atoms with Crippen molar-refractivity contribution < 1.29 is 9.47 Å². The number of hydrogen-bond donors (Lipinski definition) is 0. The van der Waals surface area contributed by atoms with Gasteiger partial charge in [-0.25, -0.2) is 9.97 Å². The normalized spacial score (nSPS) is 10.5. The molecular formula is C22H24N2O2. The van der Waals surface area contributed by atoms with E-state index in [1.807, 2.05) is 42.6 Å². The third-order valence-electron chi connectivity index (χ3n) is 4.40. The molecule has 26 heavy (non-hydrogen) atoms. The molecule has 3 aromatic rings. The standard InChI is InChI=1S/C22H24N2O2/c1-25-20-12-7-17(8-13-20)9-14-22-23-16-15-19(24-22)11-10-18-5-3-4-6-21(18)26-2/h3-8,12-13,15-16H,9-11,14H2,1-2H3.